The SMILES string of the molecule is COc1ccc(-c2nc(C(=O)N[C@@H]3C[C@H]3c3ccccc3)c([C@H](C)N)o2)c2ccc(C(F)(F)F)nc12. The van der Waals surface area contributed by atoms with Crippen molar-refractivity contribution in [3.05, 3.63) is 77.3 Å². The molecular weight excluding hydrogens is 473 g/mol. The summed E-state index contributed by atoms with van der Waals surface area (Å²) in [4.78, 5) is 21.3. The minimum absolute atomic E-state index is 0.0000526. The largest absolute Gasteiger partial charge is 0.494 e. The van der Waals surface area contributed by atoms with Crippen LogP contribution in [0.1, 0.15) is 52.8 Å². The first-order valence-corrected chi connectivity index (χ1v) is 11.3. The molecule has 0 aliphatic heterocycles. The fraction of sp³-hybridized carbons (Fsp3) is 0.269. The van der Waals surface area contributed by atoms with Gasteiger partial charge in [0.15, 0.2) is 11.5 Å². The number of amides is 1. The molecule has 2 aromatic carbocycles. The Balaban J connectivity index is 1.50. The van der Waals surface area contributed by atoms with Gasteiger partial charge < -0.3 is 20.2 Å². The number of alkyl halides is 3. The number of ether oxygens (including phenoxy) is 1. The molecule has 1 aliphatic rings. The molecule has 3 atom stereocenters. The molecule has 2 aromatic heterocycles. The molecule has 1 aliphatic carbocycles. The fourth-order valence-electron chi connectivity index (χ4n) is 4.28. The Bertz CT molecular complexity index is 1430. The number of halogens is 3. The van der Waals surface area contributed by atoms with Gasteiger partial charge in [-0.3, -0.25) is 4.79 Å². The Hall–Kier alpha value is -3.92. The maximum Gasteiger partial charge on any atom is 0.433 e. The van der Waals surface area contributed by atoms with Crippen LogP contribution in [-0.4, -0.2) is 29.0 Å². The molecule has 10 heteroatoms. The minimum atomic E-state index is -4.62. The molecule has 3 N–H and O–H groups in total. The third-order valence-corrected chi connectivity index (χ3v) is 6.18. The Kier molecular flexibility index (Phi) is 5.91. The van der Waals surface area contributed by atoms with Crippen LogP contribution in [0.2, 0.25) is 0 Å². The lowest BCUT2D eigenvalue weighted by atomic mass is 10.1. The van der Waals surface area contributed by atoms with Gasteiger partial charge in [-0.25, -0.2) is 9.97 Å². The van der Waals surface area contributed by atoms with E-state index in [0.717, 1.165) is 18.1 Å². The molecule has 36 heavy (non-hydrogen) atoms. The average molecular weight is 496 g/mol. The normalized spacial score (nSPS) is 18.2. The quantitative estimate of drug-likeness (QED) is 0.379. The number of aromatic nitrogens is 2. The smallest absolute Gasteiger partial charge is 0.433 e. The van der Waals surface area contributed by atoms with Crippen molar-refractivity contribution in [3.8, 4) is 17.2 Å². The summed E-state index contributed by atoms with van der Waals surface area (Å²) >= 11 is 0. The second-order valence-corrected chi connectivity index (χ2v) is 8.76. The summed E-state index contributed by atoms with van der Waals surface area (Å²) in [5.41, 5.74) is 6.57. The predicted molar refractivity (Wildman–Crippen MR) is 126 cm³/mol. The van der Waals surface area contributed by atoms with Gasteiger partial charge in [0, 0.05) is 22.9 Å². The third-order valence-electron chi connectivity index (χ3n) is 6.18. The highest BCUT2D eigenvalue weighted by Gasteiger charge is 2.40. The van der Waals surface area contributed by atoms with Gasteiger partial charge in [0.05, 0.1) is 13.2 Å². The standard InChI is InChI=1S/C26H23F3N4O3/c1-13(30)23-22(24(34)31-18-12-17(18)14-6-4-3-5-7-14)33-25(36-23)16-8-10-19(35-2)21-15(16)9-11-20(32-21)26(27,28)29/h3-11,13,17-18H,12,30H2,1-2H3,(H,31,34)/t13-,17-,18+/m0/s1. The van der Waals surface area contributed by atoms with Gasteiger partial charge in [0.2, 0.25) is 5.89 Å². The summed E-state index contributed by atoms with van der Waals surface area (Å²) in [6, 6.07) is 14.5. The molecule has 0 bridgehead atoms. The summed E-state index contributed by atoms with van der Waals surface area (Å²) in [5.74, 6) is 0.202. The predicted octanol–water partition coefficient (Wildman–Crippen LogP) is 5.22. The van der Waals surface area contributed by atoms with Crippen LogP contribution in [0, 0.1) is 0 Å². The fourth-order valence-corrected chi connectivity index (χ4v) is 4.28. The van der Waals surface area contributed by atoms with E-state index in [0.29, 0.717) is 10.9 Å². The van der Waals surface area contributed by atoms with Crippen molar-refractivity contribution in [2.45, 2.75) is 37.5 Å². The molecule has 186 valence electrons. The number of nitrogens with zero attached hydrogens (tertiary/aromatic N) is 2. The van der Waals surface area contributed by atoms with Gasteiger partial charge in [-0.2, -0.15) is 13.2 Å². The van der Waals surface area contributed by atoms with Crippen molar-refractivity contribution in [1.29, 1.82) is 0 Å². The van der Waals surface area contributed by atoms with E-state index in [4.69, 9.17) is 14.9 Å². The first-order chi connectivity index (χ1) is 17.2. The van der Waals surface area contributed by atoms with Crippen LogP contribution in [0.3, 0.4) is 0 Å². The molecule has 0 saturated heterocycles. The van der Waals surface area contributed by atoms with E-state index in [2.05, 4.69) is 15.3 Å². The average Bonchev–Trinajstić information content (AvgIpc) is 3.47. The molecule has 0 spiro atoms. The molecule has 1 saturated carbocycles. The summed E-state index contributed by atoms with van der Waals surface area (Å²) < 4.78 is 50.9. The highest BCUT2D eigenvalue weighted by molar-refractivity contribution is 5.98. The Morgan fingerprint density at radius 1 is 1.14 bits per heavy atom. The van der Waals surface area contributed by atoms with Crippen molar-refractivity contribution >= 4 is 16.8 Å². The molecule has 0 unspecified atom stereocenters. The number of rotatable bonds is 6. The number of hydrogen-bond acceptors (Lipinski definition) is 6. The highest BCUT2D eigenvalue weighted by Crippen LogP contribution is 2.41. The number of hydrogen-bond donors (Lipinski definition) is 2. The van der Waals surface area contributed by atoms with Crippen LogP contribution >= 0.6 is 0 Å². The highest BCUT2D eigenvalue weighted by atomic mass is 19.4. The zero-order valence-electron chi connectivity index (χ0n) is 19.5. The van der Waals surface area contributed by atoms with E-state index in [1.54, 1.807) is 13.0 Å². The van der Waals surface area contributed by atoms with Crippen molar-refractivity contribution in [1.82, 2.24) is 15.3 Å². The van der Waals surface area contributed by atoms with Gasteiger partial charge >= 0.3 is 6.18 Å². The molecule has 1 fully saturated rings. The lowest BCUT2D eigenvalue weighted by Gasteiger charge is -2.11. The Labute approximate surface area is 204 Å². The molecule has 1 amide bonds. The van der Waals surface area contributed by atoms with Crippen molar-refractivity contribution in [3.63, 3.8) is 0 Å². The van der Waals surface area contributed by atoms with Crippen molar-refractivity contribution in [2.24, 2.45) is 5.73 Å². The van der Waals surface area contributed by atoms with Gasteiger partial charge in [-0.1, -0.05) is 30.3 Å². The second-order valence-electron chi connectivity index (χ2n) is 8.76. The molecule has 0 radical (unpaired) electrons. The van der Waals surface area contributed by atoms with E-state index >= 15 is 0 Å². The van der Waals surface area contributed by atoms with E-state index < -0.39 is 23.8 Å². The van der Waals surface area contributed by atoms with E-state index in [1.165, 1.54) is 19.2 Å². The number of methoxy groups -OCH3 is 1. The number of oxazole rings is 1. The van der Waals surface area contributed by atoms with Crippen LogP contribution in [0.15, 0.2) is 59.0 Å². The van der Waals surface area contributed by atoms with Crippen LogP contribution in [-0.2, 0) is 6.18 Å². The number of nitrogens with one attached hydrogen (secondary N) is 1. The van der Waals surface area contributed by atoms with E-state index in [-0.39, 0.29) is 40.6 Å². The van der Waals surface area contributed by atoms with Crippen molar-refractivity contribution < 1.29 is 27.1 Å². The van der Waals surface area contributed by atoms with Crippen molar-refractivity contribution in [2.75, 3.05) is 7.11 Å². The lowest BCUT2D eigenvalue weighted by Crippen LogP contribution is -2.28. The summed E-state index contributed by atoms with van der Waals surface area (Å²) in [7, 11) is 1.35. The Morgan fingerprint density at radius 3 is 2.56 bits per heavy atom. The summed E-state index contributed by atoms with van der Waals surface area (Å²) in [5, 5.41) is 3.32. The van der Waals surface area contributed by atoms with E-state index in [1.807, 2.05) is 30.3 Å². The number of carbonyl (C=O) groups is 1. The number of carbonyl (C=O) groups excluding carboxylic acids is 1. The van der Waals surface area contributed by atoms with Crippen LogP contribution in [0.4, 0.5) is 13.2 Å². The summed E-state index contributed by atoms with van der Waals surface area (Å²) in [6.45, 7) is 1.66. The first kappa shape index (κ1) is 23.8. The number of pyridine rings is 1. The maximum atomic E-state index is 13.3. The third kappa shape index (κ3) is 4.39. The van der Waals surface area contributed by atoms with Crippen LogP contribution in [0.25, 0.3) is 22.4 Å². The monoisotopic (exact) mass is 496 g/mol. The molecule has 2 heterocycles. The summed E-state index contributed by atoms with van der Waals surface area (Å²) in [6.07, 6.45) is -3.81. The zero-order valence-corrected chi connectivity index (χ0v) is 19.5. The van der Waals surface area contributed by atoms with Gasteiger partial charge in [0.25, 0.3) is 5.91 Å². The number of benzene rings is 2. The minimum Gasteiger partial charge on any atom is -0.494 e. The first-order valence-electron chi connectivity index (χ1n) is 11.3. The molecule has 4 aromatic rings. The van der Waals surface area contributed by atoms with Crippen LogP contribution in [0.5, 0.6) is 5.75 Å². The molecular formula is C26H23F3N4O3. The topological polar surface area (TPSA) is 103 Å². The van der Waals surface area contributed by atoms with Gasteiger partial charge in [-0.15, -0.1) is 0 Å². The molecule has 7 nitrogen and oxygen atoms in total. The molecule has 5 rings (SSSR count). The second kappa shape index (κ2) is 8.94. The van der Waals surface area contributed by atoms with E-state index in [9.17, 15) is 18.0 Å². The number of fused-ring (bicyclic) bond motifs is 1. The zero-order chi connectivity index (χ0) is 25.6. The number of nitrogens with two attached hydrogens (primary N) is 1. The maximum absolute atomic E-state index is 13.3. The van der Waals surface area contributed by atoms with Gasteiger partial charge in [0.1, 0.15) is 17.0 Å². The Morgan fingerprint density at radius 2 is 1.89 bits per heavy atom. The van der Waals surface area contributed by atoms with Crippen LogP contribution < -0.4 is 15.8 Å². The lowest BCUT2D eigenvalue weighted by molar-refractivity contribution is -0.140. The van der Waals surface area contributed by atoms with Gasteiger partial charge in [-0.05, 0) is 43.2 Å².